The monoisotopic (exact) mass is 175 g/mol. The lowest BCUT2D eigenvalue weighted by atomic mass is 10.3. The van der Waals surface area contributed by atoms with Gasteiger partial charge in [0, 0.05) is 5.69 Å². The number of nitrogens with zero attached hydrogens (tertiary/aromatic N) is 2. The number of nitrogens with two attached hydrogens (primary N) is 1. The van der Waals surface area contributed by atoms with Crippen LogP contribution in [0.2, 0.25) is 0 Å². The van der Waals surface area contributed by atoms with E-state index in [1.807, 2.05) is 29.5 Å². The van der Waals surface area contributed by atoms with E-state index in [0.29, 0.717) is 0 Å². The van der Waals surface area contributed by atoms with E-state index in [-0.39, 0.29) is 0 Å². The molecule has 3 heteroatoms. The van der Waals surface area contributed by atoms with Crippen molar-refractivity contribution in [2.75, 3.05) is 5.73 Å². The third kappa shape index (κ3) is 1.08. The van der Waals surface area contributed by atoms with Crippen molar-refractivity contribution in [2.45, 2.75) is 20.3 Å². The number of fused-ring (bicyclic) bond motifs is 1. The number of hydrogen-bond acceptors (Lipinski definition) is 2. The van der Waals surface area contributed by atoms with E-state index in [0.717, 1.165) is 29.3 Å². The number of aryl methyl sites for hydroxylation is 2. The number of hydrogen-bond donors (Lipinski definition) is 1. The smallest absolute Gasteiger partial charge is 0.138 e. The van der Waals surface area contributed by atoms with Crippen molar-refractivity contribution in [3.8, 4) is 0 Å². The minimum atomic E-state index is 0.774. The summed E-state index contributed by atoms with van der Waals surface area (Å²) in [5, 5.41) is 0. The first-order valence-corrected chi connectivity index (χ1v) is 4.46. The maximum absolute atomic E-state index is 5.95. The van der Waals surface area contributed by atoms with Crippen molar-refractivity contribution in [3.63, 3.8) is 0 Å². The fraction of sp³-hybridized carbons (Fsp3) is 0.300. The van der Waals surface area contributed by atoms with Crippen LogP contribution >= 0.6 is 0 Å². The van der Waals surface area contributed by atoms with Crippen LogP contribution in [0, 0.1) is 6.92 Å². The van der Waals surface area contributed by atoms with Crippen LogP contribution in [0.3, 0.4) is 0 Å². The Bertz CT molecular complexity index is 443. The zero-order chi connectivity index (χ0) is 9.42. The molecule has 2 aromatic rings. The number of imidazole rings is 1. The fourth-order valence-electron chi connectivity index (χ4n) is 1.59. The van der Waals surface area contributed by atoms with Crippen molar-refractivity contribution in [2.24, 2.45) is 0 Å². The van der Waals surface area contributed by atoms with Gasteiger partial charge in [0.2, 0.25) is 0 Å². The Hall–Kier alpha value is -1.51. The van der Waals surface area contributed by atoms with E-state index in [2.05, 4.69) is 11.9 Å². The van der Waals surface area contributed by atoms with E-state index < -0.39 is 0 Å². The van der Waals surface area contributed by atoms with Crippen LogP contribution in [0.1, 0.15) is 18.3 Å². The summed E-state index contributed by atoms with van der Waals surface area (Å²) in [7, 11) is 0. The quantitative estimate of drug-likeness (QED) is 0.718. The van der Waals surface area contributed by atoms with Gasteiger partial charge in [-0.2, -0.15) is 0 Å². The summed E-state index contributed by atoms with van der Waals surface area (Å²) in [5.41, 5.74) is 9.00. The lowest BCUT2D eigenvalue weighted by molar-refractivity contribution is 1.07. The molecule has 0 spiro atoms. The van der Waals surface area contributed by atoms with Crippen LogP contribution in [0.15, 0.2) is 18.2 Å². The molecule has 2 N–H and O–H groups in total. The average molecular weight is 175 g/mol. The molecular weight excluding hydrogens is 162 g/mol. The second-order valence-electron chi connectivity index (χ2n) is 3.16. The van der Waals surface area contributed by atoms with Gasteiger partial charge in [0.1, 0.15) is 11.5 Å². The fourth-order valence-corrected chi connectivity index (χ4v) is 1.59. The van der Waals surface area contributed by atoms with Gasteiger partial charge in [-0.25, -0.2) is 4.98 Å². The topological polar surface area (TPSA) is 43.3 Å². The molecule has 0 saturated heterocycles. The highest BCUT2D eigenvalue weighted by atomic mass is 15.1. The number of anilines is 1. The molecule has 2 heterocycles. The first-order valence-electron chi connectivity index (χ1n) is 4.46. The average Bonchev–Trinajstić information content (AvgIpc) is 2.44. The first-order chi connectivity index (χ1) is 6.24. The molecule has 0 aromatic carbocycles. The molecule has 0 aliphatic heterocycles. The van der Waals surface area contributed by atoms with Gasteiger partial charge in [-0.15, -0.1) is 0 Å². The highest BCUT2D eigenvalue weighted by Gasteiger charge is 2.07. The van der Waals surface area contributed by atoms with Gasteiger partial charge >= 0.3 is 0 Å². The molecular formula is C10H13N3. The third-order valence-electron chi connectivity index (χ3n) is 2.29. The summed E-state index contributed by atoms with van der Waals surface area (Å²) < 4.78 is 1.98. The van der Waals surface area contributed by atoms with Crippen LogP contribution in [-0.2, 0) is 6.42 Å². The van der Waals surface area contributed by atoms with E-state index in [4.69, 9.17) is 5.73 Å². The van der Waals surface area contributed by atoms with Gasteiger partial charge in [0.15, 0.2) is 0 Å². The molecule has 0 fully saturated rings. The Morgan fingerprint density at radius 1 is 1.46 bits per heavy atom. The minimum absolute atomic E-state index is 0.774. The van der Waals surface area contributed by atoms with Gasteiger partial charge in [-0.1, -0.05) is 13.0 Å². The predicted octanol–water partition coefficient (Wildman–Crippen LogP) is 1.79. The second kappa shape index (κ2) is 2.76. The normalized spacial score (nSPS) is 10.9. The molecule has 2 rings (SSSR count). The summed E-state index contributed by atoms with van der Waals surface area (Å²) in [6.07, 6.45) is 0.882. The molecule has 0 aliphatic rings. The molecule has 0 unspecified atom stereocenters. The molecule has 0 bridgehead atoms. The van der Waals surface area contributed by atoms with E-state index in [1.54, 1.807) is 0 Å². The van der Waals surface area contributed by atoms with Crippen molar-refractivity contribution in [1.82, 2.24) is 9.38 Å². The maximum Gasteiger partial charge on any atom is 0.138 e. The van der Waals surface area contributed by atoms with Crippen LogP contribution in [-0.4, -0.2) is 9.38 Å². The Balaban J connectivity index is 2.85. The van der Waals surface area contributed by atoms with Crippen molar-refractivity contribution in [1.29, 1.82) is 0 Å². The Morgan fingerprint density at radius 3 is 2.85 bits per heavy atom. The molecule has 68 valence electrons. The lowest BCUT2D eigenvalue weighted by Gasteiger charge is -2.00. The van der Waals surface area contributed by atoms with Gasteiger partial charge in [-0.05, 0) is 25.5 Å². The van der Waals surface area contributed by atoms with Crippen molar-refractivity contribution >= 4 is 11.5 Å². The zero-order valence-corrected chi connectivity index (χ0v) is 7.91. The van der Waals surface area contributed by atoms with E-state index >= 15 is 0 Å². The number of nitrogen functional groups attached to an aromatic ring is 1. The van der Waals surface area contributed by atoms with Gasteiger partial charge in [0.05, 0.1) is 5.69 Å². The summed E-state index contributed by atoms with van der Waals surface area (Å²) in [6.45, 7) is 4.10. The van der Waals surface area contributed by atoms with Crippen molar-refractivity contribution < 1.29 is 0 Å². The molecule has 3 nitrogen and oxygen atoms in total. The molecule has 0 amide bonds. The van der Waals surface area contributed by atoms with Gasteiger partial charge < -0.3 is 5.73 Å². The minimum Gasteiger partial charge on any atom is -0.383 e. The Kier molecular flexibility index (Phi) is 1.72. The number of pyridine rings is 1. The third-order valence-corrected chi connectivity index (χ3v) is 2.29. The zero-order valence-electron chi connectivity index (χ0n) is 7.91. The predicted molar refractivity (Wildman–Crippen MR) is 53.7 cm³/mol. The summed E-state index contributed by atoms with van der Waals surface area (Å²) in [6, 6.07) is 6.00. The lowest BCUT2D eigenvalue weighted by Crippen LogP contribution is -1.98. The summed E-state index contributed by atoms with van der Waals surface area (Å²) in [4.78, 5) is 4.43. The summed E-state index contributed by atoms with van der Waals surface area (Å²) >= 11 is 0. The Labute approximate surface area is 77.2 Å². The molecule has 2 aromatic heterocycles. The molecule has 0 aliphatic carbocycles. The largest absolute Gasteiger partial charge is 0.383 e. The van der Waals surface area contributed by atoms with Crippen LogP contribution < -0.4 is 5.73 Å². The maximum atomic E-state index is 5.95. The highest BCUT2D eigenvalue weighted by molar-refractivity contribution is 5.53. The van der Waals surface area contributed by atoms with Crippen LogP contribution in [0.5, 0.6) is 0 Å². The van der Waals surface area contributed by atoms with E-state index in [9.17, 15) is 0 Å². The Morgan fingerprint density at radius 2 is 2.23 bits per heavy atom. The molecule has 0 saturated carbocycles. The highest BCUT2D eigenvalue weighted by Crippen LogP contribution is 2.17. The molecule has 13 heavy (non-hydrogen) atoms. The van der Waals surface area contributed by atoms with Crippen molar-refractivity contribution in [3.05, 3.63) is 29.6 Å². The van der Waals surface area contributed by atoms with E-state index in [1.165, 1.54) is 0 Å². The van der Waals surface area contributed by atoms with Gasteiger partial charge in [0.25, 0.3) is 0 Å². The standard InChI is InChI=1S/C10H13N3/c1-3-8-10(11)13-7(2)5-4-6-9(13)12-8/h4-6H,3,11H2,1-2H3. The van der Waals surface area contributed by atoms with Gasteiger partial charge in [-0.3, -0.25) is 4.40 Å². The second-order valence-corrected chi connectivity index (χ2v) is 3.16. The summed E-state index contributed by atoms with van der Waals surface area (Å²) in [5.74, 6) is 0.774. The van der Waals surface area contributed by atoms with Crippen LogP contribution in [0.25, 0.3) is 5.65 Å². The molecule has 0 radical (unpaired) electrons. The molecule has 0 atom stereocenters. The first kappa shape index (κ1) is 8.10. The van der Waals surface area contributed by atoms with Crippen LogP contribution in [0.4, 0.5) is 5.82 Å². The number of aromatic nitrogens is 2. The SMILES string of the molecule is CCc1nc2cccc(C)n2c1N. The number of rotatable bonds is 1.